The summed E-state index contributed by atoms with van der Waals surface area (Å²) in [6.07, 6.45) is 41.6. The Morgan fingerprint density at radius 1 is 0.365 bits per heavy atom. The van der Waals surface area contributed by atoms with Crippen molar-refractivity contribution in [1.82, 2.24) is 4.90 Å². The highest BCUT2D eigenvalue weighted by atomic mass is 16.5. The van der Waals surface area contributed by atoms with Crippen LogP contribution in [0.2, 0.25) is 0 Å². The van der Waals surface area contributed by atoms with E-state index in [0.29, 0.717) is 12.8 Å². The topological polar surface area (TPSA) is 55.8 Å². The van der Waals surface area contributed by atoms with Gasteiger partial charge in [-0.2, -0.15) is 0 Å². The number of carbonyl (C=O) groups is 2. The Labute approximate surface area is 326 Å². The van der Waals surface area contributed by atoms with Crippen LogP contribution >= 0.6 is 0 Å². The number of hydrogen-bond donors (Lipinski definition) is 0. The van der Waals surface area contributed by atoms with Gasteiger partial charge >= 0.3 is 11.9 Å². The van der Waals surface area contributed by atoms with E-state index in [1.807, 2.05) is 0 Å². The maximum Gasteiger partial charge on any atom is 0.306 e. The summed E-state index contributed by atoms with van der Waals surface area (Å²) >= 11 is 0. The Bertz CT molecular complexity index is 727. The van der Waals surface area contributed by atoms with Gasteiger partial charge in [-0.25, -0.2) is 0 Å². The first kappa shape index (κ1) is 50.9. The number of ether oxygens (including phenoxy) is 2. The van der Waals surface area contributed by atoms with Crippen LogP contribution in [0, 0.1) is 0 Å². The van der Waals surface area contributed by atoms with Crippen LogP contribution in [0.5, 0.6) is 0 Å². The molecule has 52 heavy (non-hydrogen) atoms. The van der Waals surface area contributed by atoms with E-state index in [4.69, 9.17) is 9.47 Å². The highest BCUT2D eigenvalue weighted by Gasteiger charge is 2.15. The maximum absolute atomic E-state index is 12.7. The fourth-order valence-electron chi connectivity index (χ4n) is 7.48. The number of hydrogen-bond acceptors (Lipinski definition) is 5. The lowest BCUT2D eigenvalue weighted by Crippen LogP contribution is -2.27. The quantitative estimate of drug-likeness (QED) is 0.0461. The predicted molar refractivity (Wildman–Crippen MR) is 226 cm³/mol. The van der Waals surface area contributed by atoms with E-state index in [1.165, 1.54) is 180 Å². The molecule has 0 radical (unpaired) electrons. The largest absolute Gasteiger partial charge is 0.462 e. The van der Waals surface area contributed by atoms with E-state index >= 15 is 0 Å². The molecule has 0 aromatic heterocycles. The monoisotopic (exact) mass is 736 g/mol. The molecule has 0 rings (SSSR count). The van der Waals surface area contributed by atoms with E-state index in [1.54, 1.807) is 0 Å². The zero-order valence-corrected chi connectivity index (χ0v) is 36.1. The first-order chi connectivity index (χ1) is 25.5. The molecule has 0 aromatic rings. The first-order valence-electron chi connectivity index (χ1n) is 23.6. The molecule has 0 saturated carbocycles. The van der Waals surface area contributed by atoms with Gasteiger partial charge in [0.2, 0.25) is 0 Å². The Morgan fingerprint density at radius 2 is 0.692 bits per heavy atom. The second kappa shape index (κ2) is 41.1. The minimum Gasteiger partial charge on any atom is -0.462 e. The maximum atomic E-state index is 12.7. The van der Waals surface area contributed by atoms with Crippen LogP contribution in [0.25, 0.3) is 0 Å². The van der Waals surface area contributed by atoms with Gasteiger partial charge in [-0.1, -0.05) is 169 Å². The molecule has 1 unspecified atom stereocenters. The number of rotatable bonds is 42. The van der Waals surface area contributed by atoms with E-state index in [2.05, 4.69) is 39.5 Å². The SMILES string of the molecule is CCCCCCCCC(CC)OC(=O)CCCCCCCN(CCC)CCCCCCCC(=O)OC(CCCCCCCC)CCCCCCCC. The van der Waals surface area contributed by atoms with E-state index in [9.17, 15) is 9.59 Å². The molecule has 5 heteroatoms. The molecule has 0 N–H and O–H groups in total. The highest BCUT2D eigenvalue weighted by molar-refractivity contribution is 5.69. The molecule has 0 saturated heterocycles. The van der Waals surface area contributed by atoms with Gasteiger partial charge < -0.3 is 14.4 Å². The molecule has 0 aromatic carbocycles. The summed E-state index contributed by atoms with van der Waals surface area (Å²) in [5.74, 6) is 0.0538. The van der Waals surface area contributed by atoms with Gasteiger partial charge in [-0.05, 0) is 96.7 Å². The van der Waals surface area contributed by atoms with Gasteiger partial charge in [-0.3, -0.25) is 9.59 Å². The number of unbranched alkanes of at least 4 members (excludes halogenated alkanes) is 23. The van der Waals surface area contributed by atoms with Gasteiger partial charge in [0.1, 0.15) is 12.2 Å². The smallest absolute Gasteiger partial charge is 0.306 e. The van der Waals surface area contributed by atoms with Crippen molar-refractivity contribution in [3.8, 4) is 0 Å². The van der Waals surface area contributed by atoms with Gasteiger partial charge in [0.05, 0.1) is 0 Å². The van der Waals surface area contributed by atoms with Crippen LogP contribution in [-0.2, 0) is 19.1 Å². The number of nitrogens with zero attached hydrogens (tertiary/aromatic N) is 1. The van der Waals surface area contributed by atoms with Crippen molar-refractivity contribution in [3.05, 3.63) is 0 Å². The van der Waals surface area contributed by atoms with Crippen molar-refractivity contribution in [2.75, 3.05) is 19.6 Å². The van der Waals surface area contributed by atoms with E-state index in [-0.39, 0.29) is 24.1 Å². The lowest BCUT2D eigenvalue weighted by molar-refractivity contribution is -0.150. The third kappa shape index (κ3) is 35.9. The summed E-state index contributed by atoms with van der Waals surface area (Å²) in [5.41, 5.74) is 0. The predicted octanol–water partition coefficient (Wildman–Crippen LogP) is 14.9. The Morgan fingerprint density at radius 3 is 1.08 bits per heavy atom. The van der Waals surface area contributed by atoms with E-state index in [0.717, 1.165) is 51.4 Å². The Balaban J connectivity index is 4.04. The summed E-state index contributed by atoms with van der Waals surface area (Å²) in [6, 6.07) is 0. The molecule has 5 nitrogen and oxygen atoms in total. The summed E-state index contributed by atoms with van der Waals surface area (Å²) in [6.45, 7) is 14.8. The summed E-state index contributed by atoms with van der Waals surface area (Å²) in [5, 5.41) is 0. The molecular formula is C47H93NO4. The minimum atomic E-state index is 0.0122. The van der Waals surface area contributed by atoms with E-state index < -0.39 is 0 Å². The lowest BCUT2D eigenvalue weighted by atomic mass is 10.0. The van der Waals surface area contributed by atoms with Crippen LogP contribution in [-0.4, -0.2) is 48.7 Å². The normalized spacial score (nSPS) is 12.2. The molecule has 0 bridgehead atoms. The van der Waals surface area contributed by atoms with Gasteiger partial charge in [0, 0.05) is 12.8 Å². The van der Waals surface area contributed by atoms with Crippen molar-refractivity contribution < 1.29 is 19.1 Å². The summed E-state index contributed by atoms with van der Waals surface area (Å²) in [4.78, 5) is 27.7. The van der Waals surface area contributed by atoms with Crippen LogP contribution in [0.3, 0.4) is 0 Å². The fraction of sp³-hybridized carbons (Fsp3) is 0.957. The van der Waals surface area contributed by atoms with Crippen molar-refractivity contribution in [1.29, 1.82) is 0 Å². The molecule has 0 heterocycles. The second-order valence-corrected chi connectivity index (χ2v) is 16.2. The Kier molecular flexibility index (Phi) is 40.2. The molecule has 310 valence electrons. The van der Waals surface area contributed by atoms with Gasteiger partial charge in [-0.15, -0.1) is 0 Å². The van der Waals surface area contributed by atoms with Crippen LogP contribution in [0.4, 0.5) is 0 Å². The molecule has 0 fully saturated rings. The molecule has 0 aliphatic rings. The lowest BCUT2D eigenvalue weighted by Gasteiger charge is -2.21. The summed E-state index contributed by atoms with van der Waals surface area (Å²) < 4.78 is 11.8. The molecule has 0 spiro atoms. The molecule has 0 aliphatic carbocycles. The average Bonchev–Trinajstić information content (AvgIpc) is 3.14. The average molecular weight is 736 g/mol. The second-order valence-electron chi connectivity index (χ2n) is 16.2. The zero-order valence-electron chi connectivity index (χ0n) is 36.1. The van der Waals surface area contributed by atoms with Crippen molar-refractivity contribution in [3.63, 3.8) is 0 Å². The van der Waals surface area contributed by atoms with Crippen LogP contribution in [0.15, 0.2) is 0 Å². The fourth-order valence-corrected chi connectivity index (χ4v) is 7.48. The van der Waals surface area contributed by atoms with Crippen molar-refractivity contribution in [2.24, 2.45) is 0 Å². The third-order valence-electron chi connectivity index (χ3n) is 10.9. The highest BCUT2D eigenvalue weighted by Crippen LogP contribution is 2.19. The Hall–Kier alpha value is -1.10. The van der Waals surface area contributed by atoms with Crippen LogP contribution in [0.1, 0.15) is 259 Å². The molecule has 1 atom stereocenters. The zero-order chi connectivity index (χ0) is 38.2. The van der Waals surface area contributed by atoms with Crippen LogP contribution < -0.4 is 0 Å². The van der Waals surface area contributed by atoms with Crippen molar-refractivity contribution in [2.45, 2.75) is 272 Å². The molecular weight excluding hydrogens is 643 g/mol. The minimum absolute atomic E-state index is 0.0122. The standard InChI is InChI=1S/C47H93NO4/c1-6-11-14-17-22-29-36-44(10-5)51-46(49)39-32-25-20-27-34-42-48(41-9-4)43-35-28-21-26-33-40-47(50)52-45(37-30-23-18-15-12-7-2)38-31-24-19-16-13-8-3/h44-45H,6-43H2,1-5H3. The van der Waals surface area contributed by atoms with Gasteiger partial charge in [0.25, 0.3) is 0 Å². The van der Waals surface area contributed by atoms with Gasteiger partial charge in [0.15, 0.2) is 0 Å². The summed E-state index contributed by atoms with van der Waals surface area (Å²) in [7, 11) is 0. The number of carbonyl (C=O) groups excluding carboxylic acids is 2. The van der Waals surface area contributed by atoms with Crippen molar-refractivity contribution >= 4 is 11.9 Å². The third-order valence-corrected chi connectivity index (χ3v) is 10.9. The first-order valence-corrected chi connectivity index (χ1v) is 23.6. The molecule has 0 amide bonds. The molecule has 0 aliphatic heterocycles. The number of esters is 2.